The number of anilines is 1. The Kier molecular flexibility index (Phi) is 11.2. The van der Waals surface area contributed by atoms with Gasteiger partial charge in [0.05, 0.1) is 20.6 Å². The Morgan fingerprint density at radius 1 is 0.804 bits per heavy atom. The first-order valence-electron chi connectivity index (χ1n) is 14.9. The first-order valence-corrected chi connectivity index (χ1v) is 17.1. The highest BCUT2D eigenvalue weighted by Gasteiger charge is 2.36. The van der Waals surface area contributed by atoms with Gasteiger partial charge in [0.2, 0.25) is 11.8 Å². The van der Waals surface area contributed by atoms with Gasteiger partial charge in [0.25, 0.3) is 10.0 Å². The van der Waals surface area contributed by atoms with Gasteiger partial charge < -0.3 is 10.2 Å². The van der Waals surface area contributed by atoms with Crippen molar-refractivity contribution in [2.24, 2.45) is 0 Å². The van der Waals surface area contributed by atoms with E-state index in [1.165, 1.54) is 23.1 Å². The predicted octanol–water partition coefficient (Wildman–Crippen LogP) is 7.36. The molecular weight excluding hydrogens is 641 g/mol. The minimum Gasteiger partial charge on any atom is -0.350 e. The Balaban J connectivity index is 1.85. The molecule has 0 spiro atoms. The average molecular weight is 681 g/mol. The van der Waals surface area contributed by atoms with E-state index in [0.717, 1.165) is 26.6 Å². The molecule has 0 aliphatic heterocycles. The summed E-state index contributed by atoms with van der Waals surface area (Å²) in [4.78, 5) is 30.0. The number of halogens is 2. The van der Waals surface area contributed by atoms with Gasteiger partial charge in [-0.05, 0) is 70.0 Å². The van der Waals surface area contributed by atoms with Crippen LogP contribution < -0.4 is 9.62 Å². The zero-order chi connectivity index (χ0) is 33.6. The maximum Gasteiger partial charge on any atom is 0.264 e. The highest BCUT2D eigenvalue weighted by atomic mass is 35.5. The molecule has 0 saturated carbocycles. The zero-order valence-corrected chi connectivity index (χ0v) is 29.0. The van der Waals surface area contributed by atoms with Gasteiger partial charge in [-0.25, -0.2) is 8.42 Å². The van der Waals surface area contributed by atoms with Crippen LogP contribution >= 0.6 is 23.2 Å². The third-order valence-electron chi connectivity index (χ3n) is 7.29. The predicted molar refractivity (Wildman–Crippen MR) is 186 cm³/mol. The molecule has 46 heavy (non-hydrogen) atoms. The molecule has 0 saturated heterocycles. The number of aryl methyl sites for hydroxylation is 2. The van der Waals surface area contributed by atoms with Gasteiger partial charge in [-0.15, -0.1) is 0 Å². The van der Waals surface area contributed by atoms with Crippen LogP contribution in [0.25, 0.3) is 0 Å². The van der Waals surface area contributed by atoms with Crippen molar-refractivity contribution < 1.29 is 18.0 Å². The van der Waals surface area contributed by atoms with E-state index >= 15 is 0 Å². The Bertz CT molecular complexity index is 1790. The molecule has 0 aliphatic rings. The van der Waals surface area contributed by atoms with Crippen LogP contribution in [0.3, 0.4) is 0 Å². The Morgan fingerprint density at radius 3 is 2.07 bits per heavy atom. The summed E-state index contributed by atoms with van der Waals surface area (Å²) < 4.78 is 29.4. The summed E-state index contributed by atoms with van der Waals surface area (Å²) in [7, 11) is -4.31. The summed E-state index contributed by atoms with van der Waals surface area (Å²) in [6.07, 6.45) is 0.211. The fraction of sp³-hybridized carbons (Fsp3) is 0.278. The lowest BCUT2D eigenvalue weighted by molar-refractivity contribution is -0.140. The molecule has 2 amide bonds. The Hall–Kier alpha value is -3.85. The number of nitrogens with zero attached hydrogens (tertiary/aromatic N) is 2. The van der Waals surface area contributed by atoms with E-state index in [0.29, 0.717) is 0 Å². The summed E-state index contributed by atoms with van der Waals surface area (Å²) in [6.45, 7) is 8.84. The molecule has 0 fully saturated rings. The van der Waals surface area contributed by atoms with E-state index in [1.54, 1.807) is 24.3 Å². The first-order chi connectivity index (χ1) is 21.7. The Morgan fingerprint density at radius 2 is 1.43 bits per heavy atom. The molecule has 242 valence electrons. The second-order valence-electron chi connectivity index (χ2n) is 12.4. The third kappa shape index (κ3) is 8.90. The number of amides is 2. The van der Waals surface area contributed by atoms with Gasteiger partial charge >= 0.3 is 0 Å². The van der Waals surface area contributed by atoms with E-state index in [4.69, 9.17) is 23.2 Å². The second-order valence-corrected chi connectivity index (χ2v) is 15.0. The number of sulfonamides is 1. The SMILES string of the molecule is Cc1ccc(S(=O)(=O)N(CC(=O)N(Cc2cccc(C)c2)[C@@H](Cc2ccccc2)C(=O)NC(C)(C)C)c2cccc(Cl)c2Cl)cc1. The zero-order valence-electron chi connectivity index (χ0n) is 26.6. The van der Waals surface area contributed by atoms with Crippen LogP contribution in [0.15, 0.2) is 102 Å². The van der Waals surface area contributed by atoms with Crippen LogP contribution in [-0.4, -0.2) is 43.3 Å². The van der Waals surface area contributed by atoms with Gasteiger partial charge in [-0.2, -0.15) is 0 Å². The van der Waals surface area contributed by atoms with Gasteiger partial charge in [0.15, 0.2) is 0 Å². The topological polar surface area (TPSA) is 86.8 Å². The highest BCUT2D eigenvalue weighted by molar-refractivity contribution is 7.92. The van der Waals surface area contributed by atoms with E-state index in [1.807, 2.05) is 89.2 Å². The quantitative estimate of drug-likeness (QED) is 0.179. The fourth-order valence-electron chi connectivity index (χ4n) is 5.05. The summed E-state index contributed by atoms with van der Waals surface area (Å²) >= 11 is 12.9. The summed E-state index contributed by atoms with van der Waals surface area (Å²) in [6, 6.07) is 27.1. The van der Waals surface area contributed by atoms with E-state index in [-0.39, 0.29) is 39.5 Å². The minimum atomic E-state index is -4.31. The van der Waals surface area contributed by atoms with Gasteiger partial charge in [-0.3, -0.25) is 13.9 Å². The van der Waals surface area contributed by atoms with Crippen molar-refractivity contribution in [3.63, 3.8) is 0 Å². The van der Waals surface area contributed by atoms with E-state index in [2.05, 4.69) is 5.32 Å². The van der Waals surface area contributed by atoms with Crippen molar-refractivity contribution in [1.82, 2.24) is 10.2 Å². The summed E-state index contributed by atoms with van der Waals surface area (Å²) in [5.74, 6) is -0.940. The van der Waals surface area contributed by atoms with Crippen molar-refractivity contribution in [1.29, 1.82) is 0 Å². The monoisotopic (exact) mass is 679 g/mol. The lowest BCUT2D eigenvalue weighted by atomic mass is 10.0. The van der Waals surface area contributed by atoms with Crippen LogP contribution in [0.2, 0.25) is 10.0 Å². The Labute approximate surface area is 282 Å². The maximum atomic E-state index is 14.6. The standard InChI is InChI=1S/C36H39Cl2N3O4S/c1-25-17-19-29(20-18-25)46(44,45)41(31-16-10-15-30(37)34(31)38)24-33(42)40(23-28-14-9-11-26(2)21-28)32(35(43)39-36(3,4)5)22-27-12-7-6-8-13-27/h6-21,32H,22-24H2,1-5H3,(H,39,43)/t32-/m0/s1. The molecule has 4 rings (SSSR count). The summed E-state index contributed by atoms with van der Waals surface area (Å²) in [5.41, 5.74) is 2.97. The van der Waals surface area contributed by atoms with Gasteiger partial charge in [0, 0.05) is 18.5 Å². The number of hydrogen-bond donors (Lipinski definition) is 1. The van der Waals surface area contributed by atoms with Crippen LogP contribution in [0, 0.1) is 13.8 Å². The second kappa shape index (κ2) is 14.7. The number of hydrogen-bond acceptors (Lipinski definition) is 4. The molecule has 1 N–H and O–H groups in total. The van der Waals surface area contributed by atoms with Crippen LogP contribution in [0.1, 0.15) is 43.0 Å². The molecule has 0 radical (unpaired) electrons. The van der Waals surface area contributed by atoms with Gasteiger partial charge in [-0.1, -0.05) is 107 Å². The minimum absolute atomic E-state index is 0.0100. The van der Waals surface area contributed by atoms with Crippen molar-refractivity contribution >= 4 is 50.7 Å². The fourth-order valence-corrected chi connectivity index (χ4v) is 6.92. The third-order valence-corrected chi connectivity index (χ3v) is 9.88. The number of nitrogens with one attached hydrogen (secondary N) is 1. The highest BCUT2D eigenvalue weighted by Crippen LogP contribution is 2.35. The molecule has 0 unspecified atom stereocenters. The number of rotatable bonds is 11. The molecule has 0 aromatic heterocycles. The van der Waals surface area contributed by atoms with Crippen LogP contribution in [0.4, 0.5) is 5.69 Å². The molecular formula is C36H39Cl2N3O4S. The normalized spacial score (nSPS) is 12.3. The smallest absolute Gasteiger partial charge is 0.264 e. The number of benzene rings is 4. The summed E-state index contributed by atoms with van der Waals surface area (Å²) in [5, 5.41) is 3.16. The molecule has 0 aliphatic carbocycles. The van der Waals surface area contributed by atoms with Crippen molar-refractivity contribution in [3.8, 4) is 0 Å². The molecule has 7 nitrogen and oxygen atoms in total. The van der Waals surface area contributed by atoms with E-state index in [9.17, 15) is 18.0 Å². The largest absolute Gasteiger partial charge is 0.350 e. The molecule has 4 aromatic rings. The lowest BCUT2D eigenvalue weighted by Crippen LogP contribution is -2.56. The molecule has 1 atom stereocenters. The van der Waals surface area contributed by atoms with Crippen LogP contribution in [0.5, 0.6) is 0 Å². The van der Waals surface area contributed by atoms with Gasteiger partial charge in [0.1, 0.15) is 12.6 Å². The number of carbonyl (C=O) groups is 2. The lowest BCUT2D eigenvalue weighted by Gasteiger charge is -2.35. The van der Waals surface area contributed by atoms with Crippen LogP contribution in [-0.2, 0) is 32.6 Å². The molecule has 10 heteroatoms. The average Bonchev–Trinajstić information content (AvgIpc) is 2.99. The molecule has 0 bridgehead atoms. The molecule has 0 heterocycles. The van der Waals surface area contributed by atoms with E-state index < -0.39 is 34.1 Å². The number of carbonyl (C=O) groups excluding carboxylic acids is 2. The van der Waals surface area contributed by atoms with Crippen molar-refractivity contribution in [2.75, 3.05) is 10.8 Å². The van der Waals surface area contributed by atoms with Crippen molar-refractivity contribution in [3.05, 3.63) is 129 Å². The molecule has 4 aromatic carbocycles. The van der Waals surface area contributed by atoms with Crippen molar-refractivity contribution in [2.45, 2.75) is 64.1 Å². The first kappa shape index (κ1) is 35.0. The maximum absolute atomic E-state index is 14.6.